The smallest absolute Gasteiger partial charge is 0.245 e. The number of hydrogen-bond acceptors (Lipinski definition) is 2. The van der Waals surface area contributed by atoms with Crippen molar-refractivity contribution in [3.63, 3.8) is 0 Å². The topological polar surface area (TPSA) is 23.6 Å². The molecule has 4 heteroatoms. The number of amides is 1. The Morgan fingerprint density at radius 1 is 1.20 bits per heavy atom. The van der Waals surface area contributed by atoms with Gasteiger partial charge in [0.2, 0.25) is 5.91 Å². The Kier molecular flexibility index (Phi) is 3.99. The largest absolute Gasteiger partial charge is 0.339 e. The number of carbonyl (C=O) groups is 1. The van der Waals surface area contributed by atoms with Crippen molar-refractivity contribution in [2.45, 2.75) is 36.7 Å². The molecule has 3 unspecified atom stereocenters. The third-order valence-corrected chi connectivity index (χ3v) is 5.21. The average molecular weight is 293 g/mol. The van der Waals surface area contributed by atoms with E-state index in [0.717, 1.165) is 25.1 Å². The molecule has 2 heterocycles. The molecule has 3 atom stereocenters. The van der Waals surface area contributed by atoms with Gasteiger partial charge in [0.05, 0.1) is 0 Å². The van der Waals surface area contributed by atoms with Gasteiger partial charge < -0.3 is 4.90 Å². The average Bonchev–Trinajstić information content (AvgIpc) is 2.72. The summed E-state index contributed by atoms with van der Waals surface area (Å²) in [4.78, 5) is 17.0. The molecule has 2 fully saturated rings. The highest BCUT2D eigenvalue weighted by Gasteiger charge is 2.37. The fourth-order valence-corrected chi connectivity index (χ4v) is 3.72. The molecule has 0 N–H and O–H groups in total. The fourth-order valence-electron chi connectivity index (χ4n) is 3.43. The van der Waals surface area contributed by atoms with E-state index in [1.165, 1.54) is 12.8 Å². The van der Waals surface area contributed by atoms with Crippen molar-refractivity contribution in [2.75, 3.05) is 20.1 Å². The van der Waals surface area contributed by atoms with Crippen molar-refractivity contribution in [2.24, 2.45) is 0 Å². The van der Waals surface area contributed by atoms with Crippen LogP contribution in [0.3, 0.4) is 0 Å². The quantitative estimate of drug-likeness (QED) is 0.783. The maximum Gasteiger partial charge on any atom is 0.245 e. The van der Waals surface area contributed by atoms with Gasteiger partial charge in [0.25, 0.3) is 0 Å². The maximum atomic E-state index is 12.6. The number of likely N-dealkylation sites (N-methyl/N-ethyl adjacent to an activating group) is 1. The fraction of sp³-hybridized carbons (Fsp3) is 0.562. The molecule has 0 spiro atoms. The number of halogens is 1. The number of alkyl halides is 1. The van der Waals surface area contributed by atoms with Gasteiger partial charge in [0, 0.05) is 25.2 Å². The second-order valence-electron chi connectivity index (χ2n) is 5.90. The van der Waals surface area contributed by atoms with E-state index in [4.69, 9.17) is 11.6 Å². The number of carbonyl (C=O) groups excluding carboxylic acids is 1. The van der Waals surface area contributed by atoms with E-state index in [1.54, 1.807) is 0 Å². The van der Waals surface area contributed by atoms with Crippen LogP contribution in [0.1, 0.15) is 30.2 Å². The first-order valence-corrected chi connectivity index (χ1v) is 7.80. The van der Waals surface area contributed by atoms with Crippen LogP contribution in [0.2, 0.25) is 0 Å². The van der Waals surface area contributed by atoms with Crippen LogP contribution in [0.5, 0.6) is 0 Å². The SMILES string of the molecule is CN1C2CCC1CN(C(=O)C(Cl)c1ccccc1)CC2. The minimum atomic E-state index is -0.557. The van der Waals surface area contributed by atoms with Crippen LogP contribution in [-0.4, -0.2) is 47.9 Å². The summed E-state index contributed by atoms with van der Waals surface area (Å²) < 4.78 is 0. The molecule has 1 aromatic carbocycles. The zero-order valence-corrected chi connectivity index (χ0v) is 12.6. The standard InChI is InChI=1S/C16H21ClN2O/c1-18-13-7-8-14(18)11-19(10-9-13)16(20)15(17)12-5-3-2-4-6-12/h2-6,13-15H,7-11H2,1H3. The lowest BCUT2D eigenvalue weighted by Crippen LogP contribution is -2.41. The summed E-state index contributed by atoms with van der Waals surface area (Å²) in [5.41, 5.74) is 0.891. The molecule has 20 heavy (non-hydrogen) atoms. The summed E-state index contributed by atoms with van der Waals surface area (Å²) in [7, 11) is 2.19. The highest BCUT2D eigenvalue weighted by atomic mass is 35.5. The van der Waals surface area contributed by atoms with Gasteiger partial charge in [-0.15, -0.1) is 11.6 Å². The summed E-state index contributed by atoms with van der Waals surface area (Å²) in [6.45, 7) is 1.66. The van der Waals surface area contributed by atoms with Crippen molar-refractivity contribution in [1.29, 1.82) is 0 Å². The Hall–Kier alpha value is -1.06. The molecule has 2 aliphatic heterocycles. The van der Waals surface area contributed by atoms with E-state index >= 15 is 0 Å². The monoisotopic (exact) mass is 292 g/mol. The van der Waals surface area contributed by atoms with Crippen LogP contribution in [-0.2, 0) is 4.79 Å². The third-order valence-electron chi connectivity index (χ3n) is 4.77. The van der Waals surface area contributed by atoms with Crippen LogP contribution < -0.4 is 0 Å². The number of rotatable bonds is 2. The second-order valence-corrected chi connectivity index (χ2v) is 6.33. The van der Waals surface area contributed by atoms with E-state index in [2.05, 4.69) is 11.9 Å². The molecule has 2 saturated heterocycles. The molecule has 0 aromatic heterocycles. The van der Waals surface area contributed by atoms with Gasteiger partial charge in [-0.25, -0.2) is 0 Å². The molecular weight excluding hydrogens is 272 g/mol. The first-order valence-electron chi connectivity index (χ1n) is 7.36. The molecule has 0 aliphatic carbocycles. The number of likely N-dealkylation sites (tertiary alicyclic amines) is 1. The van der Waals surface area contributed by atoms with E-state index in [0.29, 0.717) is 12.1 Å². The van der Waals surface area contributed by atoms with Crippen LogP contribution in [0.15, 0.2) is 30.3 Å². The summed E-state index contributed by atoms with van der Waals surface area (Å²) in [6.07, 6.45) is 3.53. The summed E-state index contributed by atoms with van der Waals surface area (Å²) in [6, 6.07) is 10.8. The molecule has 0 saturated carbocycles. The first kappa shape index (κ1) is 13.9. The number of fused-ring (bicyclic) bond motifs is 2. The second kappa shape index (κ2) is 5.74. The van der Waals surface area contributed by atoms with Crippen molar-refractivity contribution in [1.82, 2.24) is 9.80 Å². The van der Waals surface area contributed by atoms with Gasteiger partial charge in [0.15, 0.2) is 0 Å². The van der Waals surface area contributed by atoms with Crippen LogP contribution in [0, 0.1) is 0 Å². The lowest BCUT2D eigenvalue weighted by molar-refractivity contribution is -0.131. The Morgan fingerprint density at radius 3 is 2.65 bits per heavy atom. The first-order chi connectivity index (χ1) is 9.66. The van der Waals surface area contributed by atoms with Crippen molar-refractivity contribution >= 4 is 17.5 Å². The summed E-state index contributed by atoms with van der Waals surface area (Å²) in [5.74, 6) is 0.0545. The Bertz CT molecular complexity index is 479. The zero-order chi connectivity index (χ0) is 14.1. The van der Waals surface area contributed by atoms with E-state index in [1.807, 2.05) is 35.2 Å². The molecule has 2 aliphatic rings. The minimum Gasteiger partial charge on any atom is -0.339 e. The van der Waals surface area contributed by atoms with E-state index in [-0.39, 0.29) is 5.91 Å². The molecule has 3 nitrogen and oxygen atoms in total. The van der Waals surface area contributed by atoms with Crippen molar-refractivity contribution in [3.8, 4) is 0 Å². The lowest BCUT2D eigenvalue weighted by Gasteiger charge is -2.27. The normalized spacial score (nSPS) is 28.2. The van der Waals surface area contributed by atoms with Gasteiger partial charge in [-0.2, -0.15) is 0 Å². The van der Waals surface area contributed by atoms with Gasteiger partial charge in [-0.05, 0) is 31.9 Å². The van der Waals surface area contributed by atoms with Gasteiger partial charge in [0.1, 0.15) is 5.38 Å². The van der Waals surface area contributed by atoms with Gasteiger partial charge in [-0.1, -0.05) is 30.3 Å². The number of nitrogens with zero attached hydrogens (tertiary/aromatic N) is 2. The molecular formula is C16H21ClN2O. The van der Waals surface area contributed by atoms with Gasteiger partial charge in [-0.3, -0.25) is 9.69 Å². The lowest BCUT2D eigenvalue weighted by atomic mass is 10.1. The molecule has 0 radical (unpaired) electrons. The molecule has 1 amide bonds. The third kappa shape index (κ3) is 2.57. The highest BCUT2D eigenvalue weighted by molar-refractivity contribution is 6.30. The molecule has 108 valence electrons. The molecule has 3 rings (SSSR count). The zero-order valence-electron chi connectivity index (χ0n) is 11.8. The maximum absolute atomic E-state index is 12.6. The van der Waals surface area contributed by atoms with Crippen LogP contribution >= 0.6 is 11.6 Å². The predicted octanol–water partition coefficient (Wildman–Crippen LogP) is 2.66. The summed E-state index contributed by atoms with van der Waals surface area (Å²) in [5, 5.41) is -0.557. The van der Waals surface area contributed by atoms with Crippen LogP contribution in [0.4, 0.5) is 0 Å². The Balaban J connectivity index is 1.71. The highest BCUT2D eigenvalue weighted by Crippen LogP contribution is 2.31. The summed E-state index contributed by atoms with van der Waals surface area (Å²) >= 11 is 6.38. The molecule has 1 aromatic rings. The van der Waals surface area contributed by atoms with Gasteiger partial charge >= 0.3 is 0 Å². The minimum absolute atomic E-state index is 0.0545. The Morgan fingerprint density at radius 2 is 1.90 bits per heavy atom. The molecule has 2 bridgehead atoms. The number of hydrogen-bond donors (Lipinski definition) is 0. The van der Waals surface area contributed by atoms with Crippen LogP contribution in [0.25, 0.3) is 0 Å². The Labute approximate surface area is 125 Å². The van der Waals surface area contributed by atoms with E-state index in [9.17, 15) is 4.79 Å². The predicted molar refractivity (Wildman–Crippen MR) is 80.8 cm³/mol. The van der Waals surface area contributed by atoms with E-state index < -0.39 is 5.38 Å². The van der Waals surface area contributed by atoms with Crippen molar-refractivity contribution < 1.29 is 4.79 Å². The van der Waals surface area contributed by atoms with Crippen molar-refractivity contribution in [3.05, 3.63) is 35.9 Å². The number of benzene rings is 1.